The van der Waals surface area contributed by atoms with E-state index in [1.807, 2.05) is 25.1 Å². The summed E-state index contributed by atoms with van der Waals surface area (Å²) in [7, 11) is 0. The van der Waals surface area contributed by atoms with Gasteiger partial charge in [0.1, 0.15) is 12.4 Å². The van der Waals surface area contributed by atoms with Gasteiger partial charge in [0.25, 0.3) is 0 Å². The Hall–Kier alpha value is -1.46. The van der Waals surface area contributed by atoms with Crippen LogP contribution in [0.15, 0.2) is 18.2 Å². The van der Waals surface area contributed by atoms with E-state index in [-0.39, 0.29) is 6.61 Å². The Balaban J connectivity index is 2.39. The van der Waals surface area contributed by atoms with E-state index in [1.54, 1.807) is 0 Å². The van der Waals surface area contributed by atoms with Gasteiger partial charge < -0.3 is 9.84 Å². The van der Waals surface area contributed by atoms with Crippen LogP contribution >= 0.6 is 0 Å². The standard InChI is InChI=1S/C18H26O2/c1-3-4-5-6-7-8-14-20-18-12-11-16(2)15-17(18)10-9-13-19/h11-12,15,19H,3-8,13-14H2,1-2H3. The van der Waals surface area contributed by atoms with Crippen LogP contribution in [0, 0.1) is 18.8 Å². The highest BCUT2D eigenvalue weighted by Gasteiger charge is 2.01. The van der Waals surface area contributed by atoms with Crippen LogP contribution in [-0.2, 0) is 0 Å². The van der Waals surface area contributed by atoms with E-state index in [1.165, 1.54) is 32.1 Å². The van der Waals surface area contributed by atoms with Gasteiger partial charge in [-0.2, -0.15) is 0 Å². The minimum atomic E-state index is -0.120. The predicted octanol–water partition coefficient (Wildman–Crippen LogP) is 4.08. The van der Waals surface area contributed by atoms with Crippen molar-refractivity contribution in [3.63, 3.8) is 0 Å². The summed E-state index contributed by atoms with van der Waals surface area (Å²) in [5.74, 6) is 6.45. The smallest absolute Gasteiger partial charge is 0.134 e. The maximum absolute atomic E-state index is 8.79. The zero-order valence-electron chi connectivity index (χ0n) is 12.7. The number of hydrogen-bond donors (Lipinski definition) is 1. The molecule has 0 aromatic heterocycles. The van der Waals surface area contributed by atoms with E-state index in [9.17, 15) is 0 Å². The molecule has 1 rings (SSSR count). The van der Waals surface area contributed by atoms with Crippen LogP contribution in [-0.4, -0.2) is 18.3 Å². The van der Waals surface area contributed by atoms with Crippen LogP contribution in [0.25, 0.3) is 0 Å². The predicted molar refractivity (Wildman–Crippen MR) is 84.0 cm³/mol. The maximum atomic E-state index is 8.79. The molecule has 0 unspecified atom stereocenters. The first kappa shape index (κ1) is 16.6. The Labute approximate surface area is 123 Å². The van der Waals surface area contributed by atoms with Gasteiger partial charge in [-0.25, -0.2) is 0 Å². The molecule has 0 heterocycles. The average Bonchev–Trinajstić information content (AvgIpc) is 2.45. The fraction of sp³-hybridized carbons (Fsp3) is 0.556. The summed E-state index contributed by atoms with van der Waals surface area (Å²) in [6.45, 7) is 4.88. The lowest BCUT2D eigenvalue weighted by Crippen LogP contribution is -1.99. The van der Waals surface area contributed by atoms with Crippen molar-refractivity contribution in [2.24, 2.45) is 0 Å². The molecule has 0 bridgehead atoms. The van der Waals surface area contributed by atoms with Gasteiger partial charge in [0.05, 0.1) is 12.2 Å². The first-order valence-electron chi connectivity index (χ1n) is 7.61. The Morgan fingerprint density at radius 1 is 1.10 bits per heavy atom. The summed E-state index contributed by atoms with van der Waals surface area (Å²) in [5, 5.41) is 8.79. The zero-order valence-corrected chi connectivity index (χ0v) is 12.7. The number of aliphatic hydroxyl groups is 1. The Morgan fingerprint density at radius 3 is 2.60 bits per heavy atom. The van der Waals surface area contributed by atoms with Crippen LogP contribution in [0.3, 0.4) is 0 Å². The van der Waals surface area contributed by atoms with Crippen molar-refractivity contribution in [3.05, 3.63) is 29.3 Å². The van der Waals surface area contributed by atoms with Crippen LogP contribution in [0.4, 0.5) is 0 Å². The number of hydrogen-bond acceptors (Lipinski definition) is 2. The average molecular weight is 274 g/mol. The van der Waals surface area contributed by atoms with Crippen LogP contribution < -0.4 is 4.74 Å². The lowest BCUT2D eigenvalue weighted by molar-refractivity contribution is 0.303. The molecule has 1 aromatic carbocycles. The molecule has 1 aromatic rings. The molecular formula is C18H26O2. The monoisotopic (exact) mass is 274 g/mol. The third kappa shape index (κ3) is 6.63. The van der Waals surface area contributed by atoms with E-state index >= 15 is 0 Å². The number of benzene rings is 1. The highest BCUT2D eigenvalue weighted by atomic mass is 16.5. The molecule has 0 aliphatic heterocycles. The molecular weight excluding hydrogens is 248 g/mol. The molecule has 2 heteroatoms. The van der Waals surface area contributed by atoms with Gasteiger partial charge >= 0.3 is 0 Å². The summed E-state index contributed by atoms with van der Waals surface area (Å²) >= 11 is 0. The normalized spacial score (nSPS) is 9.95. The van der Waals surface area contributed by atoms with Crippen molar-refractivity contribution in [3.8, 4) is 17.6 Å². The van der Waals surface area contributed by atoms with Gasteiger partial charge in [-0.3, -0.25) is 0 Å². The Kier molecular flexibility index (Phi) is 8.58. The summed E-state index contributed by atoms with van der Waals surface area (Å²) in [6, 6.07) is 5.99. The van der Waals surface area contributed by atoms with Crippen LogP contribution in [0.5, 0.6) is 5.75 Å². The first-order valence-corrected chi connectivity index (χ1v) is 7.61. The van der Waals surface area contributed by atoms with Gasteiger partial charge in [-0.15, -0.1) is 0 Å². The van der Waals surface area contributed by atoms with E-state index < -0.39 is 0 Å². The third-order valence-corrected chi connectivity index (χ3v) is 3.19. The highest BCUT2D eigenvalue weighted by Crippen LogP contribution is 2.19. The Morgan fingerprint density at radius 2 is 1.85 bits per heavy atom. The molecule has 0 saturated carbocycles. The number of aliphatic hydroxyl groups excluding tert-OH is 1. The summed E-state index contributed by atoms with van der Waals surface area (Å²) < 4.78 is 5.81. The van der Waals surface area contributed by atoms with Crippen molar-refractivity contribution in [2.45, 2.75) is 52.4 Å². The van der Waals surface area contributed by atoms with Crippen molar-refractivity contribution >= 4 is 0 Å². The third-order valence-electron chi connectivity index (χ3n) is 3.19. The van der Waals surface area contributed by atoms with E-state index in [0.29, 0.717) is 0 Å². The number of ether oxygens (including phenoxy) is 1. The van der Waals surface area contributed by atoms with Gasteiger partial charge in [0, 0.05) is 0 Å². The quantitative estimate of drug-likeness (QED) is 0.572. The fourth-order valence-electron chi connectivity index (χ4n) is 2.07. The van der Waals surface area contributed by atoms with Crippen molar-refractivity contribution < 1.29 is 9.84 Å². The highest BCUT2D eigenvalue weighted by molar-refractivity contribution is 5.48. The van der Waals surface area contributed by atoms with E-state index in [0.717, 1.165) is 29.9 Å². The molecule has 2 nitrogen and oxygen atoms in total. The SMILES string of the molecule is CCCCCCCCOc1ccc(C)cc1C#CCO. The van der Waals surface area contributed by atoms with Gasteiger partial charge in [-0.05, 0) is 31.0 Å². The molecule has 0 saturated heterocycles. The summed E-state index contributed by atoms with van der Waals surface area (Å²) in [4.78, 5) is 0. The molecule has 0 aliphatic carbocycles. The molecule has 0 spiro atoms. The summed E-state index contributed by atoms with van der Waals surface area (Å²) in [5.41, 5.74) is 2.02. The molecule has 0 amide bonds. The fourth-order valence-corrected chi connectivity index (χ4v) is 2.07. The number of aryl methyl sites for hydroxylation is 1. The first-order chi connectivity index (χ1) is 9.77. The topological polar surface area (TPSA) is 29.5 Å². The molecule has 0 radical (unpaired) electrons. The van der Waals surface area contributed by atoms with Gasteiger partial charge in [-0.1, -0.05) is 56.9 Å². The van der Waals surface area contributed by atoms with Crippen LogP contribution in [0.2, 0.25) is 0 Å². The van der Waals surface area contributed by atoms with E-state index in [4.69, 9.17) is 9.84 Å². The van der Waals surface area contributed by atoms with Crippen molar-refractivity contribution in [1.82, 2.24) is 0 Å². The van der Waals surface area contributed by atoms with Crippen molar-refractivity contribution in [1.29, 1.82) is 0 Å². The zero-order chi connectivity index (χ0) is 14.6. The second kappa shape index (κ2) is 10.3. The van der Waals surface area contributed by atoms with Crippen LogP contribution in [0.1, 0.15) is 56.6 Å². The largest absolute Gasteiger partial charge is 0.492 e. The lowest BCUT2D eigenvalue weighted by atomic mass is 10.1. The maximum Gasteiger partial charge on any atom is 0.134 e. The Bertz CT molecular complexity index is 440. The van der Waals surface area contributed by atoms with Gasteiger partial charge in [0.2, 0.25) is 0 Å². The minimum absolute atomic E-state index is 0.120. The molecule has 110 valence electrons. The van der Waals surface area contributed by atoms with Gasteiger partial charge in [0.15, 0.2) is 0 Å². The molecule has 0 aliphatic rings. The number of unbranched alkanes of at least 4 members (excludes halogenated alkanes) is 5. The molecule has 1 N–H and O–H groups in total. The molecule has 0 fully saturated rings. The number of rotatable bonds is 8. The van der Waals surface area contributed by atoms with E-state index in [2.05, 4.69) is 18.8 Å². The molecule has 0 atom stereocenters. The second-order valence-corrected chi connectivity index (χ2v) is 5.08. The minimum Gasteiger partial charge on any atom is -0.492 e. The summed E-state index contributed by atoms with van der Waals surface area (Å²) in [6.07, 6.45) is 7.55. The second-order valence-electron chi connectivity index (χ2n) is 5.08. The van der Waals surface area contributed by atoms with Crippen molar-refractivity contribution in [2.75, 3.05) is 13.2 Å². The lowest BCUT2D eigenvalue weighted by Gasteiger charge is -2.09. The molecule has 20 heavy (non-hydrogen) atoms.